The number of carbonyl (C=O) groups excluding carboxylic acids is 4. The third-order valence-corrected chi connectivity index (χ3v) is 9.34. The Labute approximate surface area is 282 Å². The smallest absolute Gasteiger partial charge is 0.328 e. The molecule has 1 aromatic carbocycles. The molecular weight excluding hydrogens is 633 g/mol. The number of alkyl halides is 1. The zero-order valence-corrected chi connectivity index (χ0v) is 27.3. The number of piperidine rings is 1. The van der Waals surface area contributed by atoms with Gasteiger partial charge in [0.25, 0.3) is 11.8 Å². The van der Waals surface area contributed by atoms with Gasteiger partial charge in [0.05, 0.1) is 41.9 Å². The number of halogens is 1. The van der Waals surface area contributed by atoms with Crippen LogP contribution in [0.5, 0.6) is 11.6 Å². The molecule has 256 valence electrons. The summed E-state index contributed by atoms with van der Waals surface area (Å²) in [6.07, 6.45) is 4.08. The lowest BCUT2D eigenvalue weighted by atomic mass is 9.96. The van der Waals surface area contributed by atoms with Crippen molar-refractivity contribution in [3.05, 3.63) is 53.5 Å². The highest BCUT2D eigenvalue weighted by Crippen LogP contribution is 2.34. The average Bonchev–Trinajstić information content (AvgIpc) is 3.38. The number of hydrogen-bond donors (Lipinski definition) is 3. The largest absolute Gasteiger partial charge is 0.496 e. The van der Waals surface area contributed by atoms with E-state index in [-0.39, 0.29) is 42.0 Å². The number of rotatable bonds is 9. The third kappa shape index (κ3) is 7.26. The number of nitrogens with zero attached hydrogens (tertiary/aromatic N) is 4. The number of hydrogen-bond acceptors (Lipinski definition) is 9. The number of fused-ring (bicyclic) bond motifs is 1. The van der Waals surface area contributed by atoms with Crippen LogP contribution in [0.1, 0.15) is 54.2 Å². The molecule has 6 rings (SSSR count). The zero-order chi connectivity index (χ0) is 34.7. The molecule has 3 aliphatic rings. The van der Waals surface area contributed by atoms with Crippen LogP contribution in [0.2, 0.25) is 0 Å². The summed E-state index contributed by atoms with van der Waals surface area (Å²) in [7, 11) is 1.43. The number of urea groups is 1. The molecule has 49 heavy (non-hydrogen) atoms. The number of amides is 5. The van der Waals surface area contributed by atoms with Crippen molar-refractivity contribution in [3.8, 4) is 23.5 Å². The standard InChI is InChI=1S/C35H38FN7O6/c1-3-24-28(40-33(46)31(24)36)19-49-34-26-15-29(48-2)27(32(37)45)14-25(26)21(16-39-34)5-4-20-8-11-42(12-9-20)18-22-6-7-23(17-38-22)43-13-10-30(44)41-35(43)47/h6-7,14-17,20,24,28,31H,3,8-13,18-19H2,1-2H3,(H2,37,45)(H,40,46)(H,41,44,47)/t24-,28+,31-/m0/s1. The van der Waals surface area contributed by atoms with Crippen molar-refractivity contribution in [3.63, 3.8) is 0 Å². The number of ether oxygens (including phenoxy) is 2. The SMILES string of the molecule is CC[C@@H]1[C@H](F)C(=O)N[C@@H]1COc1ncc(C#CC2CCN(Cc3ccc(N4CCC(=O)NC4=O)cn3)CC2)c2cc(C(N)=O)c(OC)cc12. The highest BCUT2D eigenvalue weighted by atomic mass is 19.1. The predicted octanol–water partition coefficient (Wildman–Crippen LogP) is 2.69. The van der Waals surface area contributed by atoms with Crippen LogP contribution in [-0.4, -0.2) is 84.2 Å². The van der Waals surface area contributed by atoms with Gasteiger partial charge in [-0.3, -0.25) is 34.5 Å². The van der Waals surface area contributed by atoms with E-state index in [4.69, 9.17) is 15.2 Å². The number of benzene rings is 1. The Hall–Kier alpha value is -5.29. The topological polar surface area (TPSA) is 169 Å². The molecule has 3 atom stereocenters. The molecule has 13 nitrogen and oxygen atoms in total. The number of primary amides is 1. The van der Waals surface area contributed by atoms with Gasteiger partial charge in [-0.25, -0.2) is 14.2 Å². The van der Waals surface area contributed by atoms with Crippen molar-refractivity contribution >= 4 is 40.2 Å². The molecule has 14 heteroatoms. The van der Waals surface area contributed by atoms with E-state index in [9.17, 15) is 23.6 Å². The minimum Gasteiger partial charge on any atom is -0.496 e. The average molecular weight is 672 g/mol. The van der Waals surface area contributed by atoms with E-state index in [1.165, 1.54) is 12.0 Å². The van der Waals surface area contributed by atoms with Gasteiger partial charge in [-0.2, -0.15) is 0 Å². The molecule has 0 radical (unpaired) electrons. The zero-order valence-electron chi connectivity index (χ0n) is 27.3. The molecule has 0 spiro atoms. The number of imide groups is 1. The molecule has 3 fully saturated rings. The van der Waals surface area contributed by atoms with E-state index in [0.29, 0.717) is 41.5 Å². The van der Waals surface area contributed by atoms with Crippen molar-refractivity contribution in [2.45, 2.75) is 51.4 Å². The van der Waals surface area contributed by atoms with E-state index >= 15 is 0 Å². The highest BCUT2D eigenvalue weighted by Gasteiger charge is 2.42. The Morgan fingerprint density at radius 1 is 1.10 bits per heavy atom. The van der Waals surface area contributed by atoms with Gasteiger partial charge in [-0.05, 0) is 56.6 Å². The monoisotopic (exact) mass is 671 g/mol. The number of carbonyl (C=O) groups is 4. The van der Waals surface area contributed by atoms with E-state index in [1.807, 2.05) is 19.1 Å². The molecule has 3 aromatic rings. The first-order valence-corrected chi connectivity index (χ1v) is 16.3. The second-order valence-corrected chi connectivity index (χ2v) is 12.4. The Kier molecular flexibility index (Phi) is 9.91. The number of pyridine rings is 2. The molecule has 0 saturated carbocycles. The van der Waals surface area contributed by atoms with Gasteiger partial charge in [-0.1, -0.05) is 18.8 Å². The number of anilines is 1. The summed E-state index contributed by atoms with van der Waals surface area (Å²) >= 11 is 0. The maximum absolute atomic E-state index is 14.3. The number of nitrogens with one attached hydrogen (secondary N) is 2. The summed E-state index contributed by atoms with van der Waals surface area (Å²) in [5.74, 6) is 5.20. The van der Waals surface area contributed by atoms with Gasteiger partial charge in [0.2, 0.25) is 11.8 Å². The minimum atomic E-state index is -1.58. The van der Waals surface area contributed by atoms with Crippen molar-refractivity contribution in [2.24, 2.45) is 17.6 Å². The molecule has 0 aliphatic carbocycles. The van der Waals surface area contributed by atoms with Crippen LogP contribution in [0, 0.1) is 23.7 Å². The number of aromatic nitrogens is 2. The van der Waals surface area contributed by atoms with Crippen LogP contribution in [0.25, 0.3) is 10.8 Å². The van der Waals surface area contributed by atoms with Gasteiger partial charge in [0.15, 0.2) is 6.17 Å². The third-order valence-electron chi connectivity index (χ3n) is 9.34. The van der Waals surface area contributed by atoms with Crippen LogP contribution >= 0.6 is 0 Å². The molecule has 3 aliphatic heterocycles. The summed E-state index contributed by atoms with van der Waals surface area (Å²) in [6, 6.07) is 6.05. The molecular formula is C35H38FN7O6. The van der Waals surface area contributed by atoms with E-state index in [1.54, 1.807) is 24.5 Å². The quantitative estimate of drug-likeness (QED) is 0.290. The maximum Gasteiger partial charge on any atom is 0.328 e. The van der Waals surface area contributed by atoms with Crippen LogP contribution < -0.4 is 30.7 Å². The van der Waals surface area contributed by atoms with E-state index < -0.39 is 36.0 Å². The summed E-state index contributed by atoms with van der Waals surface area (Å²) in [6.45, 7) is 4.48. The number of methoxy groups -OCH3 is 1. The Morgan fingerprint density at radius 2 is 1.90 bits per heavy atom. The fourth-order valence-electron chi connectivity index (χ4n) is 6.54. The second kappa shape index (κ2) is 14.4. The van der Waals surface area contributed by atoms with Gasteiger partial charge in [-0.15, -0.1) is 0 Å². The summed E-state index contributed by atoms with van der Waals surface area (Å²) in [4.78, 5) is 60.6. The summed E-state index contributed by atoms with van der Waals surface area (Å²) in [5.41, 5.74) is 7.97. The van der Waals surface area contributed by atoms with Crippen molar-refractivity contribution < 1.29 is 33.0 Å². The van der Waals surface area contributed by atoms with Gasteiger partial charge in [0.1, 0.15) is 12.4 Å². The molecule has 5 amide bonds. The first-order valence-electron chi connectivity index (χ1n) is 16.3. The second-order valence-electron chi connectivity index (χ2n) is 12.4. The first kappa shape index (κ1) is 33.6. The first-order chi connectivity index (χ1) is 23.6. The van der Waals surface area contributed by atoms with Crippen LogP contribution in [0.15, 0.2) is 36.7 Å². The normalized spacial score (nSPS) is 21.6. The van der Waals surface area contributed by atoms with Crippen molar-refractivity contribution in [2.75, 3.05) is 38.3 Å². The fraction of sp³-hybridized carbons (Fsp3) is 0.429. The minimum absolute atomic E-state index is 0.0215. The van der Waals surface area contributed by atoms with Crippen molar-refractivity contribution in [1.29, 1.82) is 0 Å². The van der Waals surface area contributed by atoms with Crippen LogP contribution in [0.3, 0.4) is 0 Å². The summed E-state index contributed by atoms with van der Waals surface area (Å²) < 4.78 is 25.8. The molecule has 0 unspecified atom stereocenters. The molecule has 4 N–H and O–H groups in total. The number of nitrogens with two attached hydrogens (primary N) is 1. The van der Waals surface area contributed by atoms with Gasteiger partial charge >= 0.3 is 6.03 Å². The van der Waals surface area contributed by atoms with Crippen LogP contribution in [0.4, 0.5) is 14.9 Å². The summed E-state index contributed by atoms with van der Waals surface area (Å²) in [5, 5.41) is 6.14. The van der Waals surface area contributed by atoms with Crippen LogP contribution in [-0.2, 0) is 16.1 Å². The molecule has 3 saturated heterocycles. The lowest BCUT2D eigenvalue weighted by Gasteiger charge is -2.29. The molecule has 0 bridgehead atoms. The number of likely N-dealkylation sites (tertiary alicyclic amines) is 1. The van der Waals surface area contributed by atoms with E-state index in [0.717, 1.165) is 31.6 Å². The van der Waals surface area contributed by atoms with Crippen molar-refractivity contribution in [1.82, 2.24) is 25.5 Å². The Morgan fingerprint density at radius 3 is 2.57 bits per heavy atom. The predicted molar refractivity (Wildman–Crippen MR) is 178 cm³/mol. The van der Waals surface area contributed by atoms with Gasteiger partial charge in [0, 0.05) is 48.3 Å². The Bertz CT molecular complexity index is 1830. The molecule has 2 aromatic heterocycles. The lowest BCUT2D eigenvalue weighted by molar-refractivity contribution is -0.124. The lowest BCUT2D eigenvalue weighted by Crippen LogP contribution is -2.49. The molecule has 5 heterocycles. The highest BCUT2D eigenvalue weighted by molar-refractivity contribution is 6.05. The Balaban J connectivity index is 1.13. The fourth-order valence-corrected chi connectivity index (χ4v) is 6.54. The van der Waals surface area contributed by atoms with E-state index in [2.05, 4.69) is 37.3 Å². The van der Waals surface area contributed by atoms with Gasteiger partial charge < -0.3 is 20.5 Å². The maximum atomic E-state index is 14.3.